The number of carbonyl (C=O) groups excluding carboxylic acids is 1. The van der Waals surface area contributed by atoms with Gasteiger partial charge in [-0.25, -0.2) is 13.8 Å². The largest absolute Gasteiger partial charge is 0.348 e. The Morgan fingerprint density at radius 1 is 1.43 bits per heavy atom. The molecule has 0 spiro atoms. The topological polar surface area (TPSA) is 57.8 Å². The summed E-state index contributed by atoms with van der Waals surface area (Å²) in [6.07, 6.45) is 0. The van der Waals surface area contributed by atoms with E-state index in [-0.39, 0.29) is 17.7 Å². The third-order valence-corrected chi connectivity index (χ3v) is 5.12. The van der Waals surface area contributed by atoms with Crippen molar-refractivity contribution in [3.63, 3.8) is 0 Å². The summed E-state index contributed by atoms with van der Waals surface area (Å²) >= 11 is 2.77. The van der Waals surface area contributed by atoms with Crippen LogP contribution >= 0.6 is 23.1 Å². The molecule has 2 N–H and O–H groups in total. The lowest BCUT2D eigenvalue weighted by molar-refractivity contribution is -0.119. The van der Waals surface area contributed by atoms with Crippen LogP contribution in [0.1, 0.15) is 17.8 Å². The second-order valence-corrected chi connectivity index (χ2v) is 6.86. The van der Waals surface area contributed by atoms with E-state index in [0.29, 0.717) is 16.2 Å². The lowest BCUT2D eigenvalue weighted by Crippen LogP contribution is -2.27. The molecular formula is C15H13F2N3OS2. The normalized spacial score (nSPS) is 12.5. The van der Waals surface area contributed by atoms with Gasteiger partial charge in [0, 0.05) is 17.0 Å². The number of halogens is 2. The van der Waals surface area contributed by atoms with Crippen LogP contribution in [0, 0.1) is 11.6 Å². The number of thioether (sulfide) groups is 1. The quantitative estimate of drug-likeness (QED) is 0.685. The van der Waals surface area contributed by atoms with Gasteiger partial charge in [0.15, 0.2) is 16.8 Å². The highest BCUT2D eigenvalue weighted by atomic mass is 32.2. The molecule has 1 atom stereocenters. The molecule has 0 saturated heterocycles. The van der Waals surface area contributed by atoms with Crippen molar-refractivity contribution >= 4 is 40.0 Å². The van der Waals surface area contributed by atoms with E-state index in [1.165, 1.54) is 11.8 Å². The van der Waals surface area contributed by atoms with Crippen LogP contribution in [0.15, 0.2) is 34.8 Å². The van der Waals surface area contributed by atoms with Crippen molar-refractivity contribution in [1.29, 1.82) is 0 Å². The molecule has 0 radical (unpaired) electrons. The van der Waals surface area contributed by atoms with Gasteiger partial charge >= 0.3 is 0 Å². The molecular weight excluding hydrogens is 340 g/mol. The minimum absolute atomic E-state index is 0.0537. The van der Waals surface area contributed by atoms with Crippen LogP contribution in [0.4, 0.5) is 8.78 Å². The van der Waals surface area contributed by atoms with Gasteiger partial charge in [-0.2, -0.15) is 0 Å². The molecule has 2 heterocycles. The number of amides is 1. The maximum absolute atomic E-state index is 13.2. The van der Waals surface area contributed by atoms with Gasteiger partial charge in [0.1, 0.15) is 0 Å². The van der Waals surface area contributed by atoms with E-state index in [9.17, 15) is 13.6 Å². The fourth-order valence-electron chi connectivity index (χ4n) is 2.08. The maximum Gasteiger partial charge on any atom is 0.230 e. The van der Waals surface area contributed by atoms with Crippen LogP contribution in [-0.4, -0.2) is 21.6 Å². The molecule has 0 aliphatic carbocycles. The van der Waals surface area contributed by atoms with Gasteiger partial charge in [-0.3, -0.25) is 4.79 Å². The van der Waals surface area contributed by atoms with Crippen molar-refractivity contribution in [2.45, 2.75) is 18.1 Å². The number of hydrogen-bond acceptors (Lipinski definition) is 4. The Kier molecular flexibility index (Phi) is 4.63. The fourth-order valence-corrected chi connectivity index (χ4v) is 3.51. The fraction of sp³-hybridized carbons (Fsp3) is 0.200. The van der Waals surface area contributed by atoms with Crippen LogP contribution in [0.2, 0.25) is 0 Å². The van der Waals surface area contributed by atoms with Crippen molar-refractivity contribution < 1.29 is 13.6 Å². The Hall–Kier alpha value is -1.93. The highest BCUT2D eigenvalue weighted by Gasteiger charge is 2.13. The molecule has 3 aromatic rings. The first-order valence-electron chi connectivity index (χ1n) is 6.83. The van der Waals surface area contributed by atoms with Gasteiger partial charge in [-0.15, -0.1) is 11.3 Å². The molecule has 1 amide bonds. The summed E-state index contributed by atoms with van der Waals surface area (Å²) in [5, 5.41) is 5.30. The molecule has 3 rings (SSSR count). The number of benzene rings is 1. The number of rotatable bonds is 5. The lowest BCUT2D eigenvalue weighted by Gasteiger charge is -2.11. The van der Waals surface area contributed by atoms with E-state index < -0.39 is 11.6 Å². The van der Waals surface area contributed by atoms with Crippen molar-refractivity contribution in [2.75, 3.05) is 5.75 Å². The summed E-state index contributed by atoms with van der Waals surface area (Å²) in [7, 11) is 0. The monoisotopic (exact) mass is 353 g/mol. The molecule has 1 unspecified atom stereocenters. The highest BCUT2D eigenvalue weighted by Crippen LogP contribution is 2.22. The average molecular weight is 353 g/mol. The van der Waals surface area contributed by atoms with Gasteiger partial charge in [0.05, 0.1) is 22.8 Å². The number of nitrogens with zero attached hydrogens (tertiary/aromatic N) is 1. The van der Waals surface area contributed by atoms with Crippen LogP contribution in [0.5, 0.6) is 0 Å². The van der Waals surface area contributed by atoms with Crippen LogP contribution < -0.4 is 5.32 Å². The number of imidazole rings is 1. The SMILES string of the molecule is CC(NC(=O)CSc1nc2cc(F)c(F)cc2[nH]1)c1cccs1. The first kappa shape index (κ1) is 15.9. The van der Waals surface area contributed by atoms with Crippen molar-refractivity contribution in [1.82, 2.24) is 15.3 Å². The second-order valence-electron chi connectivity index (χ2n) is 4.92. The number of nitrogens with one attached hydrogen (secondary N) is 2. The molecule has 0 saturated carbocycles. The summed E-state index contributed by atoms with van der Waals surface area (Å²) in [5.74, 6) is -1.84. The molecule has 4 nitrogen and oxygen atoms in total. The zero-order valence-electron chi connectivity index (χ0n) is 12.1. The zero-order chi connectivity index (χ0) is 16.4. The van der Waals surface area contributed by atoms with Gasteiger partial charge in [-0.1, -0.05) is 17.8 Å². The summed E-state index contributed by atoms with van der Waals surface area (Å²) < 4.78 is 26.3. The summed E-state index contributed by atoms with van der Waals surface area (Å²) in [4.78, 5) is 20.0. The molecule has 0 aliphatic heterocycles. The van der Waals surface area contributed by atoms with Crippen molar-refractivity contribution in [3.05, 3.63) is 46.2 Å². The van der Waals surface area contributed by atoms with E-state index >= 15 is 0 Å². The van der Waals surface area contributed by atoms with Crippen LogP contribution in [0.25, 0.3) is 11.0 Å². The molecule has 0 fully saturated rings. The molecule has 0 aliphatic rings. The Morgan fingerprint density at radius 2 is 2.22 bits per heavy atom. The van der Waals surface area contributed by atoms with Gasteiger partial charge < -0.3 is 10.3 Å². The minimum Gasteiger partial charge on any atom is -0.348 e. The standard InChI is InChI=1S/C15H13F2N3OS2/c1-8(13-3-2-4-22-13)18-14(21)7-23-15-19-11-5-9(16)10(17)6-12(11)20-15/h2-6,8H,7H2,1H3,(H,18,21)(H,19,20). The Morgan fingerprint density at radius 3 is 2.96 bits per heavy atom. The number of carbonyl (C=O) groups is 1. The number of H-pyrrole nitrogens is 1. The predicted molar refractivity (Wildman–Crippen MR) is 87.6 cm³/mol. The Balaban J connectivity index is 1.60. The molecule has 2 aromatic heterocycles. The third-order valence-electron chi connectivity index (χ3n) is 3.19. The Bertz CT molecular complexity index is 794. The summed E-state index contributed by atoms with van der Waals surface area (Å²) in [6.45, 7) is 1.92. The Labute approximate surface area is 139 Å². The van der Waals surface area contributed by atoms with E-state index in [1.54, 1.807) is 11.3 Å². The number of aromatic nitrogens is 2. The number of hydrogen-bond donors (Lipinski definition) is 2. The predicted octanol–water partition coefficient (Wildman–Crippen LogP) is 3.87. The number of thiophene rings is 1. The second kappa shape index (κ2) is 6.67. The van der Waals surface area contributed by atoms with E-state index in [4.69, 9.17) is 0 Å². The first-order chi connectivity index (χ1) is 11.0. The maximum atomic E-state index is 13.2. The number of fused-ring (bicyclic) bond motifs is 1. The number of aromatic amines is 1. The molecule has 1 aromatic carbocycles. The van der Waals surface area contributed by atoms with Gasteiger partial charge in [0.2, 0.25) is 5.91 Å². The average Bonchev–Trinajstić information content (AvgIpc) is 3.15. The zero-order valence-corrected chi connectivity index (χ0v) is 13.7. The van der Waals surface area contributed by atoms with E-state index in [1.807, 2.05) is 24.4 Å². The summed E-state index contributed by atoms with van der Waals surface area (Å²) in [5.41, 5.74) is 0.734. The van der Waals surface area contributed by atoms with E-state index in [2.05, 4.69) is 15.3 Å². The molecule has 8 heteroatoms. The molecule has 23 heavy (non-hydrogen) atoms. The lowest BCUT2D eigenvalue weighted by atomic mass is 10.3. The third kappa shape index (κ3) is 3.70. The van der Waals surface area contributed by atoms with E-state index in [0.717, 1.165) is 17.0 Å². The summed E-state index contributed by atoms with van der Waals surface area (Å²) in [6, 6.07) is 5.93. The highest BCUT2D eigenvalue weighted by molar-refractivity contribution is 7.99. The molecule has 120 valence electrons. The van der Waals surface area contributed by atoms with Crippen molar-refractivity contribution in [2.24, 2.45) is 0 Å². The minimum atomic E-state index is -0.942. The van der Waals surface area contributed by atoms with Crippen LogP contribution in [-0.2, 0) is 4.79 Å². The van der Waals surface area contributed by atoms with Crippen LogP contribution in [0.3, 0.4) is 0 Å². The molecule has 0 bridgehead atoms. The van der Waals surface area contributed by atoms with Crippen molar-refractivity contribution in [3.8, 4) is 0 Å². The smallest absolute Gasteiger partial charge is 0.230 e. The first-order valence-corrected chi connectivity index (χ1v) is 8.70. The van der Waals surface area contributed by atoms with Gasteiger partial charge in [0.25, 0.3) is 0 Å². The van der Waals surface area contributed by atoms with Gasteiger partial charge in [-0.05, 0) is 18.4 Å².